The Labute approximate surface area is 124 Å². The molecule has 1 heterocycles. The maximum Gasteiger partial charge on any atom is 0.238 e. The van der Waals surface area contributed by atoms with Crippen LogP contribution in [0.2, 0.25) is 0 Å². The van der Waals surface area contributed by atoms with Crippen LogP contribution in [0, 0.1) is 0 Å². The monoisotopic (exact) mass is 287 g/mol. The Morgan fingerprint density at radius 1 is 1.24 bits per heavy atom. The standard InChI is InChI=1S/C15H21N5O/c1-3-13-17-14(4-2)20(19-13)10-12-8-6-5-7-11(12)9-15(21)18-16/h5-8H,3-4,9-10,16H2,1-2H3,(H,18,21). The summed E-state index contributed by atoms with van der Waals surface area (Å²) in [6, 6.07) is 7.82. The van der Waals surface area contributed by atoms with Gasteiger partial charge in [0, 0.05) is 12.8 Å². The van der Waals surface area contributed by atoms with Crippen molar-refractivity contribution >= 4 is 5.91 Å². The van der Waals surface area contributed by atoms with Gasteiger partial charge in [-0.25, -0.2) is 15.5 Å². The summed E-state index contributed by atoms with van der Waals surface area (Å²) >= 11 is 0. The molecule has 0 atom stereocenters. The summed E-state index contributed by atoms with van der Waals surface area (Å²) in [6.07, 6.45) is 1.92. The molecular formula is C15H21N5O. The lowest BCUT2D eigenvalue weighted by Gasteiger charge is -2.10. The van der Waals surface area contributed by atoms with E-state index in [-0.39, 0.29) is 12.3 Å². The van der Waals surface area contributed by atoms with E-state index in [1.54, 1.807) is 0 Å². The molecular weight excluding hydrogens is 266 g/mol. The van der Waals surface area contributed by atoms with Crippen LogP contribution in [0.1, 0.15) is 36.6 Å². The fourth-order valence-corrected chi connectivity index (χ4v) is 2.23. The summed E-state index contributed by atoms with van der Waals surface area (Å²) in [5.74, 6) is 6.77. The van der Waals surface area contributed by atoms with E-state index in [0.717, 1.165) is 35.6 Å². The molecule has 0 saturated heterocycles. The van der Waals surface area contributed by atoms with Gasteiger partial charge in [-0.15, -0.1) is 0 Å². The highest BCUT2D eigenvalue weighted by Gasteiger charge is 2.11. The first-order chi connectivity index (χ1) is 10.2. The third-order valence-electron chi connectivity index (χ3n) is 3.38. The van der Waals surface area contributed by atoms with Gasteiger partial charge in [0.25, 0.3) is 0 Å². The van der Waals surface area contributed by atoms with E-state index in [9.17, 15) is 4.79 Å². The van der Waals surface area contributed by atoms with Crippen molar-refractivity contribution in [2.24, 2.45) is 5.84 Å². The third-order valence-corrected chi connectivity index (χ3v) is 3.38. The van der Waals surface area contributed by atoms with Gasteiger partial charge in [0.2, 0.25) is 5.91 Å². The number of nitrogens with two attached hydrogens (primary N) is 1. The molecule has 21 heavy (non-hydrogen) atoms. The third kappa shape index (κ3) is 3.66. The number of rotatable bonds is 6. The van der Waals surface area contributed by atoms with E-state index in [1.807, 2.05) is 35.9 Å². The Bertz CT molecular complexity index is 620. The molecule has 1 aromatic heterocycles. The van der Waals surface area contributed by atoms with E-state index < -0.39 is 0 Å². The maximum atomic E-state index is 11.5. The van der Waals surface area contributed by atoms with Gasteiger partial charge >= 0.3 is 0 Å². The molecule has 112 valence electrons. The van der Waals surface area contributed by atoms with Gasteiger partial charge in [0.05, 0.1) is 13.0 Å². The van der Waals surface area contributed by atoms with Gasteiger partial charge < -0.3 is 0 Å². The van der Waals surface area contributed by atoms with Crippen molar-refractivity contribution in [1.29, 1.82) is 0 Å². The molecule has 0 aliphatic carbocycles. The summed E-state index contributed by atoms with van der Waals surface area (Å²) in [7, 11) is 0. The van der Waals surface area contributed by atoms with Crippen LogP contribution in [0.4, 0.5) is 0 Å². The predicted molar refractivity (Wildman–Crippen MR) is 80.4 cm³/mol. The van der Waals surface area contributed by atoms with Crippen molar-refractivity contribution < 1.29 is 4.79 Å². The summed E-state index contributed by atoms with van der Waals surface area (Å²) in [6.45, 7) is 4.72. The van der Waals surface area contributed by atoms with Crippen LogP contribution in [0.3, 0.4) is 0 Å². The van der Waals surface area contributed by atoms with Crippen molar-refractivity contribution in [2.45, 2.75) is 39.7 Å². The summed E-state index contributed by atoms with van der Waals surface area (Å²) in [5, 5.41) is 4.52. The Hall–Kier alpha value is -2.21. The van der Waals surface area contributed by atoms with Gasteiger partial charge in [-0.3, -0.25) is 10.2 Å². The number of aromatic nitrogens is 3. The van der Waals surface area contributed by atoms with Gasteiger partial charge in [0.15, 0.2) is 5.82 Å². The molecule has 0 aliphatic rings. The molecule has 0 aliphatic heterocycles. The summed E-state index contributed by atoms with van der Waals surface area (Å²) in [4.78, 5) is 16.0. The molecule has 2 aromatic rings. The fraction of sp³-hybridized carbons (Fsp3) is 0.400. The maximum absolute atomic E-state index is 11.5. The van der Waals surface area contributed by atoms with Crippen LogP contribution >= 0.6 is 0 Å². The number of hydrazine groups is 1. The molecule has 0 bridgehead atoms. The number of hydrogen-bond donors (Lipinski definition) is 2. The number of benzene rings is 1. The van der Waals surface area contributed by atoms with Crippen LogP contribution in [0.5, 0.6) is 0 Å². The van der Waals surface area contributed by atoms with Crippen molar-refractivity contribution in [1.82, 2.24) is 20.2 Å². The second kappa shape index (κ2) is 6.99. The predicted octanol–water partition coefficient (Wildman–Crippen LogP) is 0.984. The van der Waals surface area contributed by atoms with E-state index in [1.165, 1.54) is 0 Å². The normalized spacial score (nSPS) is 10.6. The Kier molecular flexibility index (Phi) is 5.05. The minimum absolute atomic E-state index is 0.203. The summed E-state index contributed by atoms with van der Waals surface area (Å²) in [5.41, 5.74) is 4.18. The van der Waals surface area contributed by atoms with Gasteiger partial charge in [-0.1, -0.05) is 38.1 Å². The average molecular weight is 287 g/mol. The van der Waals surface area contributed by atoms with Gasteiger partial charge in [-0.05, 0) is 11.1 Å². The highest BCUT2D eigenvalue weighted by Crippen LogP contribution is 2.13. The first-order valence-electron chi connectivity index (χ1n) is 7.16. The Morgan fingerprint density at radius 3 is 2.57 bits per heavy atom. The van der Waals surface area contributed by atoms with Crippen LogP contribution in [-0.4, -0.2) is 20.7 Å². The quantitative estimate of drug-likeness (QED) is 0.471. The molecule has 0 radical (unpaired) electrons. The zero-order valence-electron chi connectivity index (χ0n) is 12.5. The number of nitrogens with zero attached hydrogens (tertiary/aromatic N) is 3. The highest BCUT2D eigenvalue weighted by atomic mass is 16.2. The molecule has 0 spiro atoms. The van der Waals surface area contributed by atoms with E-state index >= 15 is 0 Å². The summed E-state index contributed by atoms with van der Waals surface area (Å²) < 4.78 is 1.91. The zero-order valence-corrected chi connectivity index (χ0v) is 12.5. The first kappa shape index (κ1) is 15.2. The number of nitrogens with one attached hydrogen (secondary N) is 1. The number of aryl methyl sites for hydroxylation is 2. The molecule has 1 amide bonds. The Balaban J connectivity index is 2.27. The number of hydrogen-bond acceptors (Lipinski definition) is 4. The molecule has 0 unspecified atom stereocenters. The van der Waals surface area contributed by atoms with Crippen LogP contribution in [0.25, 0.3) is 0 Å². The van der Waals surface area contributed by atoms with Crippen LogP contribution in [0.15, 0.2) is 24.3 Å². The average Bonchev–Trinajstić information content (AvgIpc) is 2.91. The largest absolute Gasteiger partial charge is 0.294 e. The van der Waals surface area contributed by atoms with E-state index in [2.05, 4.69) is 22.4 Å². The van der Waals surface area contributed by atoms with E-state index in [0.29, 0.717) is 6.54 Å². The minimum atomic E-state index is -0.203. The lowest BCUT2D eigenvalue weighted by Crippen LogP contribution is -2.31. The number of amides is 1. The topological polar surface area (TPSA) is 85.8 Å². The molecule has 6 nitrogen and oxygen atoms in total. The second-order valence-corrected chi connectivity index (χ2v) is 4.82. The van der Waals surface area contributed by atoms with Gasteiger partial charge in [0.1, 0.15) is 5.82 Å². The van der Waals surface area contributed by atoms with Crippen molar-refractivity contribution in [2.75, 3.05) is 0 Å². The van der Waals surface area contributed by atoms with Crippen LogP contribution < -0.4 is 11.3 Å². The molecule has 3 N–H and O–H groups in total. The molecule has 2 rings (SSSR count). The van der Waals surface area contributed by atoms with E-state index in [4.69, 9.17) is 5.84 Å². The molecule has 0 saturated carbocycles. The van der Waals surface area contributed by atoms with Crippen molar-refractivity contribution in [3.05, 3.63) is 47.0 Å². The first-order valence-corrected chi connectivity index (χ1v) is 7.16. The smallest absolute Gasteiger partial charge is 0.238 e. The molecule has 1 aromatic carbocycles. The van der Waals surface area contributed by atoms with Crippen molar-refractivity contribution in [3.63, 3.8) is 0 Å². The highest BCUT2D eigenvalue weighted by molar-refractivity contribution is 5.78. The Morgan fingerprint density at radius 2 is 1.95 bits per heavy atom. The second-order valence-electron chi connectivity index (χ2n) is 4.82. The fourth-order valence-electron chi connectivity index (χ4n) is 2.23. The lowest BCUT2D eigenvalue weighted by molar-refractivity contribution is -0.120. The van der Waals surface area contributed by atoms with Crippen molar-refractivity contribution in [3.8, 4) is 0 Å². The van der Waals surface area contributed by atoms with Gasteiger partial charge in [-0.2, -0.15) is 5.10 Å². The minimum Gasteiger partial charge on any atom is -0.294 e. The molecule has 0 fully saturated rings. The lowest BCUT2D eigenvalue weighted by atomic mass is 10.0. The number of carbonyl (C=O) groups is 1. The number of carbonyl (C=O) groups excluding carboxylic acids is 1. The molecule has 6 heteroatoms. The van der Waals surface area contributed by atoms with Crippen LogP contribution in [-0.2, 0) is 30.6 Å². The SMILES string of the molecule is CCc1nc(CC)n(Cc2ccccc2CC(=O)NN)n1. The zero-order chi connectivity index (χ0) is 15.2.